The summed E-state index contributed by atoms with van der Waals surface area (Å²) in [5.74, 6) is 0.122. The molecule has 2 aromatic rings. The van der Waals surface area contributed by atoms with Gasteiger partial charge in [0, 0.05) is 15.6 Å². The Labute approximate surface area is 124 Å². The third-order valence-corrected chi connectivity index (χ3v) is 3.94. The monoisotopic (exact) mass is 334 g/mol. The molecule has 19 heavy (non-hydrogen) atoms. The highest BCUT2D eigenvalue weighted by molar-refractivity contribution is 9.10. The van der Waals surface area contributed by atoms with Gasteiger partial charge in [-0.2, -0.15) is 0 Å². The fourth-order valence-electron chi connectivity index (χ4n) is 1.51. The molecule has 0 heterocycles. The summed E-state index contributed by atoms with van der Waals surface area (Å²) >= 11 is 4.35. The lowest BCUT2D eigenvalue weighted by molar-refractivity contribution is 0.101. The number of Topliss-reactive ketones (excluding diaryl/α,β-unsaturated/α-hetero) is 1. The van der Waals surface area contributed by atoms with E-state index in [0.717, 1.165) is 16.2 Å². The van der Waals surface area contributed by atoms with Crippen molar-refractivity contribution in [3.05, 3.63) is 70.2 Å². The van der Waals surface area contributed by atoms with Gasteiger partial charge in [0.25, 0.3) is 0 Å². The zero-order chi connectivity index (χ0) is 13.7. The van der Waals surface area contributed by atoms with Gasteiger partial charge >= 0.3 is 0 Å². The van der Waals surface area contributed by atoms with E-state index in [9.17, 15) is 9.59 Å². The molecule has 0 saturated heterocycles. The Hall–Kier alpha value is -1.39. The van der Waals surface area contributed by atoms with E-state index in [1.54, 1.807) is 24.3 Å². The molecule has 0 aliphatic heterocycles. The first-order valence-corrected chi connectivity index (χ1v) is 7.45. The molecule has 0 radical (unpaired) electrons. The second-order valence-corrected chi connectivity index (χ2v) is 5.74. The van der Waals surface area contributed by atoms with E-state index < -0.39 is 0 Å². The van der Waals surface area contributed by atoms with Crippen molar-refractivity contribution in [3.63, 3.8) is 0 Å². The van der Waals surface area contributed by atoms with Crippen molar-refractivity contribution in [2.24, 2.45) is 0 Å². The Morgan fingerprint density at radius 2 is 1.53 bits per heavy atom. The van der Waals surface area contributed by atoms with E-state index in [1.165, 1.54) is 0 Å². The van der Waals surface area contributed by atoms with Crippen LogP contribution in [-0.4, -0.2) is 16.7 Å². The molecule has 0 spiro atoms. The largest absolute Gasteiger partial charge is 0.293 e. The van der Waals surface area contributed by atoms with Gasteiger partial charge in [-0.1, -0.05) is 70.2 Å². The van der Waals surface area contributed by atoms with Crippen LogP contribution in [0.15, 0.2) is 59.1 Å². The summed E-state index contributed by atoms with van der Waals surface area (Å²) in [4.78, 5) is 23.7. The van der Waals surface area contributed by atoms with Gasteiger partial charge in [0.05, 0.1) is 5.75 Å². The van der Waals surface area contributed by atoms with Crippen LogP contribution < -0.4 is 0 Å². The van der Waals surface area contributed by atoms with E-state index >= 15 is 0 Å². The molecule has 2 nitrogen and oxygen atoms in total. The second kappa shape index (κ2) is 6.68. The number of halogens is 1. The fourth-order valence-corrected chi connectivity index (χ4v) is 2.50. The maximum atomic E-state index is 11.9. The first-order valence-electron chi connectivity index (χ1n) is 5.68. The van der Waals surface area contributed by atoms with Gasteiger partial charge in [-0.3, -0.25) is 9.59 Å². The summed E-state index contributed by atoms with van der Waals surface area (Å²) < 4.78 is 0.928. The summed E-state index contributed by atoms with van der Waals surface area (Å²) in [5, 5.41) is -0.0777. The molecule has 0 amide bonds. The minimum atomic E-state index is -0.0777. The average Bonchev–Trinajstić information content (AvgIpc) is 2.46. The predicted octanol–water partition coefficient (Wildman–Crippen LogP) is 4.21. The van der Waals surface area contributed by atoms with E-state index in [4.69, 9.17) is 0 Å². The van der Waals surface area contributed by atoms with Crippen LogP contribution in [0.1, 0.15) is 20.7 Å². The number of benzene rings is 2. The van der Waals surface area contributed by atoms with Crippen LogP contribution in [-0.2, 0) is 0 Å². The van der Waals surface area contributed by atoms with Gasteiger partial charge in [-0.25, -0.2) is 0 Å². The molecule has 0 aromatic heterocycles. The van der Waals surface area contributed by atoms with Crippen LogP contribution in [0.25, 0.3) is 0 Å². The molecule has 0 fully saturated rings. The number of hydrogen-bond acceptors (Lipinski definition) is 3. The van der Waals surface area contributed by atoms with E-state index in [0.29, 0.717) is 11.1 Å². The summed E-state index contributed by atoms with van der Waals surface area (Å²) in [6.45, 7) is 0. The summed E-state index contributed by atoms with van der Waals surface area (Å²) in [6, 6.07) is 16.1. The lowest BCUT2D eigenvalue weighted by atomic mass is 10.2. The molecule has 0 aliphatic carbocycles. The number of carbonyl (C=O) groups is 2. The number of carbonyl (C=O) groups excluding carboxylic acids is 2. The van der Waals surface area contributed by atoms with E-state index in [2.05, 4.69) is 15.9 Å². The van der Waals surface area contributed by atoms with Gasteiger partial charge in [0.2, 0.25) is 5.12 Å². The van der Waals surface area contributed by atoms with Crippen molar-refractivity contribution in [1.29, 1.82) is 0 Å². The predicted molar refractivity (Wildman–Crippen MR) is 81.7 cm³/mol. The lowest BCUT2D eigenvalue weighted by Gasteiger charge is -2.01. The quantitative estimate of drug-likeness (QED) is 0.785. The van der Waals surface area contributed by atoms with Crippen molar-refractivity contribution in [3.8, 4) is 0 Å². The zero-order valence-electron chi connectivity index (χ0n) is 10.0. The van der Waals surface area contributed by atoms with Crippen LogP contribution in [0, 0.1) is 0 Å². The van der Waals surface area contributed by atoms with Crippen molar-refractivity contribution < 1.29 is 9.59 Å². The molecule has 2 aromatic carbocycles. The third kappa shape index (κ3) is 4.04. The highest BCUT2D eigenvalue weighted by Gasteiger charge is 2.11. The van der Waals surface area contributed by atoms with Crippen LogP contribution >= 0.6 is 27.7 Å². The normalized spacial score (nSPS) is 10.2. The molecule has 0 atom stereocenters. The second-order valence-electron chi connectivity index (χ2n) is 3.87. The molecule has 96 valence electrons. The zero-order valence-corrected chi connectivity index (χ0v) is 12.4. The SMILES string of the molecule is O=C(CSC(=O)c1ccccc1)c1ccc(Br)cc1. The Morgan fingerprint density at radius 3 is 2.16 bits per heavy atom. The van der Waals surface area contributed by atoms with Crippen LogP contribution in [0.5, 0.6) is 0 Å². The molecule has 4 heteroatoms. The number of ketones is 1. The first kappa shape index (κ1) is 14.0. The summed E-state index contributed by atoms with van der Waals surface area (Å²) in [6.07, 6.45) is 0. The van der Waals surface area contributed by atoms with E-state index in [-0.39, 0.29) is 16.7 Å². The maximum Gasteiger partial charge on any atom is 0.219 e. The van der Waals surface area contributed by atoms with Crippen LogP contribution in [0.4, 0.5) is 0 Å². The molecule has 0 unspecified atom stereocenters. The average molecular weight is 335 g/mol. The van der Waals surface area contributed by atoms with Gasteiger partial charge in [-0.15, -0.1) is 0 Å². The molecular formula is C15H11BrO2S. The number of hydrogen-bond donors (Lipinski definition) is 0. The molecule has 0 saturated carbocycles. The molecule has 2 rings (SSSR count). The van der Waals surface area contributed by atoms with Crippen molar-refractivity contribution in [1.82, 2.24) is 0 Å². The molecule has 0 aliphatic rings. The summed E-state index contributed by atoms with van der Waals surface area (Å²) in [5.41, 5.74) is 1.24. The minimum absolute atomic E-state index is 0.0400. The Morgan fingerprint density at radius 1 is 0.895 bits per heavy atom. The third-order valence-electron chi connectivity index (χ3n) is 2.51. The molecular weight excluding hydrogens is 324 g/mol. The number of rotatable bonds is 4. The van der Waals surface area contributed by atoms with E-state index in [1.807, 2.05) is 30.3 Å². The Bertz CT molecular complexity index is 579. The van der Waals surface area contributed by atoms with Gasteiger partial charge < -0.3 is 0 Å². The Balaban J connectivity index is 1.94. The lowest BCUT2D eigenvalue weighted by Crippen LogP contribution is -2.05. The highest BCUT2D eigenvalue weighted by Crippen LogP contribution is 2.16. The Kier molecular flexibility index (Phi) is 4.93. The molecule has 0 bridgehead atoms. The smallest absolute Gasteiger partial charge is 0.219 e. The van der Waals surface area contributed by atoms with Crippen molar-refractivity contribution in [2.45, 2.75) is 0 Å². The fraction of sp³-hybridized carbons (Fsp3) is 0.0667. The first-order chi connectivity index (χ1) is 9.16. The van der Waals surface area contributed by atoms with Gasteiger partial charge in [-0.05, 0) is 12.1 Å². The van der Waals surface area contributed by atoms with Crippen molar-refractivity contribution >= 4 is 38.6 Å². The highest BCUT2D eigenvalue weighted by atomic mass is 79.9. The van der Waals surface area contributed by atoms with Crippen LogP contribution in [0.3, 0.4) is 0 Å². The molecule has 0 N–H and O–H groups in total. The summed E-state index contributed by atoms with van der Waals surface area (Å²) in [7, 11) is 0. The maximum absolute atomic E-state index is 11.9. The topological polar surface area (TPSA) is 34.1 Å². The van der Waals surface area contributed by atoms with Crippen LogP contribution in [0.2, 0.25) is 0 Å². The van der Waals surface area contributed by atoms with Crippen molar-refractivity contribution in [2.75, 3.05) is 5.75 Å². The number of thioether (sulfide) groups is 1. The van der Waals surface area contributed by atoms with Gasteiger partial charge in [0.15, 0.2) is 5.78 Å². The minimum Gasteiger partial charge on any atom is -0.293 e. The standard InChI is InChI=1S/C15H11BrO2S/c16-13-8-6-11(7-9-13)14(17)10-19-15(18)12-4-2-1-3-5-12/h1-9H,10H2. The van der Waals surface area contributed by atoms with Gasteiger partial charge in [0.1, 0.15) is 0 Å².